The molecule has 2 heterocycles. The zero-order valence-electron chi connectivity index (χ0n) is 15.5. The maximum atomic E-state index is 13.1. The number of hydrogen-bond donors (Lipinski definition) is 1. The van der Waals surface area contributed by atoms with Crippen LogP contribution in [0.4, 0.5) is 0 Å². The van der Waals surface area contributed by atoms with E-state index in [-0.39, 0.29) is 23.3 Å². The molecule has 4 nitrogen and oxygen atoms in total. The van der Waals surface area contributed by atoms with Crippen LogP contribution in [0.1, 0.15) is 45.1 Å². The minimum absolute atomic E-state index is 0.112. The third-order valence-electron chi connectivity index (χ3n) is 6.60. The van der Waals surface area contributed by atoms with Gasteiger partial charge < -0.3 is 14.7 Å². The summed E-state index contributed by atoms with van der Waals surface area (Å²) in [5.41, 5.74) is 1.01. The molecule has 25 heavy (non-hydrogen) atoms. The fraction of sp³-hybridized carbons (Fsp3) is 0.667. The van der Waals surface area contributed by atoms with E-state index in [1.807, 2.05) is 11.0 Å². The molecule has 0 aromatic heterocycles. The third kappa shape index (κ3) is 3.61. The molecule has 0 radical (unpaired) electrons. The molecular formula is C21H31NO3. The van der Waals surface area contributed by atoms with Crippen LogP contribution < -0.4 is 0 Å². The number of nitrogens with zero attached hydrogens (tertiary/aromatic N) is 1. The van der Waals surface area contributed by atoms with E-state index < -0.39 is 0 Å². The predicted molar refractivity (Wildman–Crippen MR) is 98.3 cm³/mol. The molecule has 2 saturated heterocycles. The van der Waals surface area contributed by atoms with Crippen LogP contribution in [0.15, 0.2) is 30.3 Å². The Labute approximate surface area is 151 Å². The van der Waals surface area contributed by atoms with Gasteiger partial charge in [-0.2, -0.15) is 0 Å². The first-order valence-electron chi connectivity index (χ1n) is 9.53. The molecule has 0 aliphatic carbocycles. The van der Waals surface area contributed by atoms with Crippen molar-refractivity contribution in [2.45, 2.75) is 44.9 Å². The van der Waals surface area contributed by atoms with Crippen molar-refractivity contribution >= 4 is 5.91 Å². The summed E-state index contributed by atoms with van der Waals surface area (Å²) in [7, 11) is 0. The molecule has 1 atom stereocenters. The minimum atomic E-state index is -0.134. The molecular weight excluding hydrogens is 314 g/mol. The van der Waals surface area contributed by atoms with Crippen molar-refractivity contribution in [2.24, 2.45) is 11.3 Å². The SMILES string of the molecule is CC(C)C1(CO)CCN(C(=O)CC2(c3ccccc3)CCOCC2)C1. The van der Waals surface area contributed by atoms with E-state index in [0.717, 1.165) is 39.0 Å². The first kappa shape index (κ1) is 18.4. The Hall–Kier alpha value is -1.39. The Morgan fingerprint density at radius 1 is 1.20 bits per heavy atom. The zero-order valence-corrected chi connectivity index (χ0v) is 15.5. The number of ether oxygens (including phenoxy) is 1. The molecule has 0 bridgehead atoms. The van der Waals surface area contributed by atoms with Crippen LogP contribution in [0, 0.1) is 11.3 Å². The van der Waals surface area contributed by atoms with Crippen LogP contribution in [-0.4, -0.2) is 48.8 Å². The van der Waals surface area contributed by atoms with Crippen molar-refractivity contribution < 1.29 is 14.6 Å². The Morgan fingerprint density at radius 3 is 2.44 bits per heavy atom. The summed E-state index contributed by atoms with van der Waals surface area (Å²) in [5, 5.41) is 9.88. The maximum Gasteiger partial charge on any atom is 0.223 e. The van der Waals surface area contributed by atoms with Gasteiger partial charge in [-0.15, -0.1) is 0 Å². The second kappa shape index (κ2) is 7.46. The zero-order chi connectivity index (χ0) is 17.9. The van der Waals surface area contributed by atoms with E-state index in [4.69, 9.17) is 4.74 Å². The predicted octanol–water partition coefficient (Wildman–Crippen LogP) is 2.99. The molecule has 1 amide bonds. The van der Waals surface area contributed by atoms with Crippen LogP contribution in [0.5, 0.6) is 0 Å². The Balaban J connectivity index is 1.76. The smallest absolute Gasteiger partial charge is 0.223 e. The third-order valence-corrected chi connectivity index (χ3v) is 6.60. The molecule has 1 N–H and O–H groups in total. The summed E-state index contributed by atoms with van der Waals surface area (Å²) >= 11 is 0. The van der Waals surface area contributed by atoms with Gasteiger partial charge in [-0.1, -0.05) is 44.2 Å². The van der Waals surface area contributed by atoms with Gasteiger partial charge in [-0.25, -0.2) is 0 Å². The van der Waals surface area contributed by atoms with Crippen molar-refractivity contribution in [3.63, 3.8) is 0 Å². The topological polar surface area (TPSA) is 49.8 Å². The summed E-state index contributed by atoms with van der Waals surface area (Å²) in [6.45, 7) is 7.33. The molecule has 4 heteroatoms. The Morgan fingerprint density at radius 2 is 1.88 bits per heavy atom. The highest BCUT2D eigenvalue weighted by Crippen LogP contribution is 2.41. The number of aliphatic hydroxyl groups is 1. The number of aliphatic hydroxyl groups excluding tert-OH is 1. The number of amides is 1. The summed E-state index contributed by atoms with van der Waals surface area (Å²) in [6, 6.07) is 10.4. The fourth-order valence-corrected chi connectivity index (χ4v) is 4.41. The van der Waals surface area contributed by atoms with Crippen LogP contribution >= 0.6 is 0 Å². The van der Waals surface area contributed by atoms with Crippen molar-refractivity contribution in [1.29, 1.82) is 0 Å². The summed E-state index contributed by atoms with van der Waals surface area (Å²) < 4.78 is 5.58. The first-order valence-corrected chi connectivity index (χ1v) is 9.53. The van der Waals surface area contributed by atoms with E-state index in [1.54, 1.807) is 0 Å². The lowest BCUT2D eigenvalue weighted by Crippen LogP contribution is -2.42. The first-order chi connectivity index (χ1) is 12.0. The number of benzene rings is 1. The highest BCUT2D eigenvalue weighted by molar-refractivity contribution is 5.78. The van der Waals surface area contributed by atoms with E-state index >= 15 is 0 Å². The number of carbonyl (C=O) groups is 1. The minimum Gasteiger partial charge on any atom is -0.396 e. The van der Waals surface area contributed by atoms with Crippen LogP contribution in [-0.2, 0) is 14.9 Å². The molecule has 2 aliphatic rings. The highest BCUT2D eigenvalue weighted by atomic mass is 16.5. The summed E-state index contributed by atoms with van der Waals surface area (Å²) in [6.07, 6.45) is 3.23. The summed E-state index contributed by atoms with van der Waals surface area (Å²) in [5.74, 6) is 0.600. The van der Waals surface area contributed by atoms with Crippen molar-refractivity contribution in [2.75, 3.05) is 32.9 Å². The van der Waals surface area contributed by atoms with E-state index in [0.29, 0.717) is 18.9 Å². The molecule has 138 valence electrons. The average Bonchev–Trinajstić information content (AvgIpc) is 3.09. The number of carbonyl (C=O) groups excluding carboxylic acids is 1. The van der Waals surface area contributed by atoms with Gasteiger partial charge >= 0.3 is 0 Å². The lowest BCUT2D eigenvalue weighted by molar-refractivity contribution is -0.133. The molecule has 0 spiro atoms. The second-order valence-corrected chi connectivity index (χ2v) is 8.18. The molecule has 1 aromatic rings. The van der Waals surface area contributed by atoms with Crippen molar-refractivity contribution in [1.82, 2.24) is 4.90 Å². The number of hydrogen-bond acceptors (Lipinski definition) is 3. The van der Waals surface area contributed by atoms with Crippen molar-refractivity contribution in [3.8, 4) is 0 Å². The largest absolute Gasteiger partial charge is 0.396 e. The van der Waals surface area contributed by atoms with E-state index in [1.165, 1.54) is 5.56 Å². The van der Waals surface area contributed by atoms with Gasteiger partial charge in [0.05, 0.1) is 6.61 Å². The molecule has 3 rings (SSSR count). The normalized spacial score (nSPS) is 26.2. The summed E-state index contributed by atoms with van der Waals surface area (Å²) in [4.78, 5) is 15.1. The van der Waals surface area contributed by atoms with Gasteiger partial charge in [-0.3, -0.25) is 4.79 Å². The van der Waals surface area contributed by atoms with E-state index in [9.17, 15) is 9.90 Å². The Kier molecular flexibility index (Phi) is 5.49. The quantitative estimate of drug-likeness (QED) is 0.892. The monoisotopic (exact) mass is 345 g/mol. The molecule has 1 unspecified atom stereocenters. The highest BCUT2D eigenvalue weighted by Gasteiger charge is 2.44. The van der Waals surface area contributed by atoms with Crippen molar-refractivity contribution in [3.05, 3.63) is 35.9 Å². The van der Waals surface area contributed by atoms with Gasteiger partial charge in [0, 0.05) is 43.6 Å². The molecule has 2 fully saturated rings. The fourth-order valence-electron chi connectivity index (χ4n) is 4.41. The van der Waals surface area contributed by atoms with Gasteiger partial charge in [0.2, 0.25) is 5.91 Å². The van der Waals surface area contributed by atoms with Crippen LogP contribution in [0.2, 0.25) is 0 Å². The maximum absolute atomic E-state index is 13.1. The second-order valence-electron chi connectivity index (χ2n) is 8.18. The van der Waals surface area contributed by atoms with Gasteiger partial charge in [0.25, 0.3) is 0 Å². The molecule has 0 saturated carbocycles. The lowest BCUT2D eigenvalue weighted by atomic mass is 9.71. The number of rotatable bonds is 5. The van der Waals surface area contributed by atoms with E-state index in [2.05, 4.69) is 38.1 Å². The molecule has 2 aliphatic heterocycles. The van der Waals surface area contributed by atoms with Crippen LogP contribution in [0.25, 0.3) is 0 Å². The standard InChI is InChI=1S/C21H31NO3/c1-17(2)21(16-23)8-11-22(15-21)19(24)14-20(9-12-25-13-10-20)18-6-4-3-5-7-18/h3-7,17,23H,8-16H2,1-2H3. The van der Waals surface area contributed by atoms with Crippen LogP contribution in [0.3, 0.4) is 0 Å². The average molecular weight is 345 g/mol. The number of likely N-dealkylation sites (tertiary alicyclic amines) is 1. The molecule has 1 aromatic carbocycles. The van der Waals surface area contributed by atoms with Gasteiger partial charge in [0.15, 0.2) is 0 Å². The Bertz CT molecular complexity index is 580. The lowest BCUT2D eigenvalue weighted by Gasteiger charge is -2.38. The van der Waals surface area contributed by atoms with Gasteiger partial charge in [0.1, 0.15) is 0 Å². The van der Waals surface area contributed by atoms with Gasteiger partial charge in [-0.05, 0) is 30.7 Å².